The highest BCUT2D eigenvalue weighted by Gasteiger charge is 2.25. The first-order valence-corrected chi connectivity index (χ1v) is 10.7. The first kappa shape index (κ1) is 21.2. The number of nitrogen functional groups attached to an aromatic ring is 1. The van der Waals surface area contributed by atoms with Crippen LogP contribution < -0.4 is 21.3 Å². The molecule has 0 spiro atoms. The van der Waals surface area contributed by atoms with Crippen LogP contribution in [0.15, 0.2) is 24.4 Å². The molecule has 1 aromatic carbocycles. The number of aryl methyl sites for hydroxylation is 1. The van der Waals surface area contributed by atoms with Crippen molar-refractivity contribution in [2.75, 3.05) is 42.1 Å². The fraction of sp³-hybridized carbons (Fsp3) is 0.350. The van der Waals surface area contributed by atoms with Crippen LogP contribution in [0, 0.1) is 17.6 Å². The predicted molar refractivity (Wildman–Crippen MR) is 117 cm³/mol. The summed E-state index contributed by atoms with van der Waals surface area (Å²) < 4.78 is 29.9. The van der Waals surface area contributed by atoms with E-state index < -0.39 is 17.5 Å². The van der Waals surface area contributed by atoms with Crippen LogP contribution in [0.5, 0.6) is 0 Å². The highest BCUT2D eigenvalue weighted by Crippen LogP contribution is 2.34. The van der Waals surface area contributed by atoms with Crippen molar-refractivity contribution in [2.24, 2.45) is 13.0 Å². The van der Waals surface area contributed by atoms with Crippen LogP contribution in [-0.4, -0.2) is 46.9 Å². The van der Waals surface area contributed by atoms with Gasteiger partial charge in [-0.2, -0.15) is 5.10 Å². The Hall–Kier alpha value is -3.05. The second-order valence-corrected chi connectivity index (χ2v) is 8.57. The van der Waals surface area contributed by atoms with Crippen molar-refractivity contribution in [3.05, 3.63) is 41.7 Å². The summed E-state index contributed by atoms with van der Waals surface area (Å²) in [5, 5.41) is 10.6. The van der Waals surface area contributed by atoms with Gasteiger partial charge in [0.1, 0.15) is 27.3 Å². The summed E-state index contributed by atoms with van der Waals surface area (Å²) in [6.07, 6.45) is 1.57. The number of aromatic nitrogens is 3. The maximum Gasteiger partial charge on any atom is 0.277 e. The molecule has 2 aromatic heterocycles. The van der Waals surface area contributed by atoms with Gasteiger partial charge in [0.25, 0.3) is 5.91 Å². The minimum Gasteiger partial charge on any atom is -0.389 e. The molecule has 1 saturated heterocycles. The third-order valence-corrected chi connectivity index (χ3v) is 5.99. The van der Waals surface area contributed by atoms with Crippen LogP contribution in [0.1, 0.15) is 17.4 Å². The summed E-state index contributed by atoms with van der Waals surface area (Å²) in [6, 6.07) is 3.53. The average Bonchev–Trinajstić information content (AvgIpc) is 3.18. The molecule has 1 atom stereocenters. The summed E-state index contributed by atoms with van der Waals surface area (Å²) in [4.78, 5) is 19.2. The zero-order chi connectivity index (χ0) is 22.1. The van der Waals surface area contributed by atoms with E-state index in [1.807, 2.05) is 7.05 Å². The Bertz CT molecular complexity index is 1090. The summed E-state index contributed by atoms with van der Waals surface area (Å²) in [6.45, 7) is 5.47. The van der Waals surface area contributed by atoms with E-state index in [-0.39, 0.29) is 21.3 Å². The van der Waals surface area contributed by atoms with Crippen molar-refractivity contribution in [1.29, 1.82) is 0 Å². The molecule has 1 unspecified atom stereocenters. The number of hydrogen-bond donors (Lipinski definition) is 3. The Morgan fingerprint density at radius 2 is 2.10 bits per heavy atom. The fourth-order valence-corrected chi connectivity index (χ4v) is 4.54. The largest absolute Gasteiger partial charge is 0.389 e. The average molecular weight is 448 g/mol. The van der Waals surface area contributed by atoms with Gasteiger partial charge in [-0.05, 0) is 24.6 Å². The fourth-order valence-electron chi connectivity index (χ4n) is 3.67. The molecule has 0 aliphatic carbocycles. The number of carbonyl (C=O) groups excluding carboxylic acids is 1. The lowest BCUT2D eigenvalue weighted by Gasteiger charge is -2.25. The Balaban J connectivity index is 1.61. The maximum absolute atomic E-state index is 14.1. The lowest BCUT2D eigenvalue weighted by Crippen LogP contribution is -2.32. The zero-order valence-electron chi connectivity index (χ0n) is 17.2. The Labute approximate surface area is 182 Å². The van der Waals surface area contributed by atoms with E-state index in [1.54, 1.807) is 10.9 Å². The molecule has 1 aliphatic rings. The standard InChI is InChI=1S/C20H23F2N7OS/c1-11-8-24-6-7-29(10-11)20-14(9-25-28(20)2)26-18(30)16-17(23)31-19(27-16)15-12(21)4-3-5-13(15)22/h3-5,9,11,24H,6-8,10,23H2,1-2H3,(H,26,30). The third kappa shape index (κ3) is 4.23. The van der Waals surface area contributed by atoms with Crippen molar-refractivity contribution in [2.45, 2.75) is 6.92 Å². The third-order valence-electron chi connectivity index (χ3n) is 5.08. The quantitative estimate of drug-likeness (QED) is 0.569. The minimum atomic E-state index is -0.765. The summed E-state index contributed by atoms with van der Waals surface area (Å²) in [5.41, 5.74) is 6.11. The van der Waals surface area contributed by atoms with Crippen LogP contribution in [0.25, 0.3) is 10.6 Å². The molecule has 1 fully saturated rings. The van der Waals surface area contributed by atoms with Gasteiger partial charge in [-0.1, -0.05) is 24.3 Å². The van der Waals surface area contributed by atoms with Gasteiger partial charge in [-0.3, -0.25) is 9.48 Å². The second-order valence-electron chi connectivity index (χ2n) is 7.54. The van der Waals surface area contributed by atoms with E-state index in [2.05, 4.69) is 32.5 Å². The number of rotatable bonds is 4. The number of thiazole rings is 1. The molecule has 0 radical (unpaired) electrons. The number of anilines is 3. The van der Waals surface area contributed by atoms with E-state index >= 15 is 0 Å². The minimum absolute atomic E-state index is 0.0112. The van der Waals surface area contributed by atoms with Gasteiger partial charge < -0.3 is 21.3 Å². The lowest BCUT2D eigenvalue weighted by molar-refractivity contribution is 0.102. The molecule has 4 rings (SSSR count). The molecule has 8 nitrogen and oxygen atoms in total. The maximum atomic E-state index is 14.1. The van der Waals surface area contributed by atoms with Gasteiger partial charge in [0.15, 0.2) is 11.5 Å². The monoisotopic (exact) mass is 447 g/mol. The molecule has 164 valence electrons. The van der Waals surface area contributed by atoms with Crippen molar-refractivity contribution < 1.29 is 13.6 Å². The molecule has 31 heavy (non-hydrogen) atoms. The smallest absolute Gasteiger partial charge is 0.277 e. The first-order valence-electron chi connectivity index (χ1n) is 9.84. The zero-order valence-corrected chi connectivity index (χ0v) is 18.0. The van der Waals surface area contributed by atoms with Gasteiger partial charge in [0, 0.05) is 26.7 Å². The second kappa shape index (κ2) is 8.60. The number of nitrogens with zero attached hydrogens (tertiary/aromatic N) is 4. The van der Waals surface area contributed by atoms with E-state index in [0.717, 1.165) is 55.5 Å². The SMILES string of the molecule is CC1CNCCN(c2c(NC(=O)c3nc(-c4c(F)cccc4F)sc3N)cnn2C)C1. The highest BCUT2D eigenvalue weighted by atomic mass is 32.1. The lowest BCUT2D eigenvalue weighted by atomic mass is 10.2. The molecular weight excluding hydrogens is 424 g/mol. The molecular formula is C20H23F2N7OS. The molecule has 1 aliphatic heterocycles. The molecule has 11 heteroatoms. The molecule has 3 aromatic rings. The number of nitrogens with two attached hydrogens (primary N) is 1. The summed E-state index contributed by atoms with van der Waals surface area (Å²) >= 11 is 0.862. The van der Waals surface area contributed by atoms with Gasteiger partial charge in [-0.15, -0.1) is 0 Å². The van der Waals surface area contributed by atoms with Crippen LogP contribution >= 0.6 is 11.3 Å². The number of amides is 1. The molecule has 0 saturated carbocycles. The van der Waals surface area contributed by atoms with Crippen molar-refractivity contribution >= 4 is 33.8 Å². The summed E-state index contributed by atoms with van der Waals surface area (Å²) in [5.74, 6) is -0.892. The molecule has 1 amide bonds. The first-order chi connectivity index (χ1) is 14.8. The van der Waals surface area contributed by atoms with Gasteiger partial charge in [-0.25, -0.2) is 13.8 Å². The van der Waals surface area contributed by atoms with Crippen molar-refractivity contribution in [1.82, 2.24) is 20.1 Å². The van der Waals surface area contributed by atoms with E-state index in [4.69, 9.17) is 5.73 Å². The Morgan fingerprint density at radius 1 is 1.35 bits per heavy atom. The van der Waals surface area contributed by atoms with E-state index in [0.29, 0.717) is 11.6 Å². The number of nitrogens with one attached hydrogen (secondary N) is 2. The van der Waals surface area contributed by atoms with Gasteiger partial charge in [0.05, 0.1) is 11.8 Å². The Kier molecular flexibility index (Phi) is 5.88. The Morgan fingerprint density at radius 3 is 2.84 bits per heavy atom. The molecule has 0 bridgehead atoms. The predicted octanol–water partition coefficient (Wildman–Crippen LogP) is 2.70. The van der Waals surface area contributed by atoms with Crippen LogP contribution in [0.4, 0.5) is 25.3 Å². The van der Waals surface area contributed by atoms with Gasteiger partial charge in [0.2, 0.25) is 0 Å². The number of benzene rings is 1. The van der Waals surface area contributed by atoms with Gasteiger partial charge >= 0.3 is 0 Å². The molecule has 3 heterocycles. The topological polar surface area (TPSA) is 101 Å². The van der Waals surface area contributed by atoms with E-state index in [9.17, 15) is 13.6 Å². The summed E-state index contributed by atoms with van der Waals surface area (Å²) in [7, 11) is 1.81. The van der Waals surface area contributed by atoms with Crippen molar-refractivity contribution in [3.63, 3.8) is 0 Å². The number of halogens is 2. The normalized spacial score (nSPS) is 16.9. The number of carbonyl (C=O) groups is 1. The van der Waals surface area contributed by atoms with Crippen LogP contribution in [-0.2, 0) is 7.05 Å². The van der Waals surface area contributed by atoms with Crippen LogP contribution in [0.3, 0.4) is 0 Å². The van der Waals surface area contributed by atoms with Crippen molar-refractivity contribution in [3.8, 4) is 10.6 Å². The van der Waals surface area contributed by atoms with Crippen LogP contribution in [0.2, 0.25) is 0 Å². The number of hydrogen-bond acceptors (Lipinski definition) is 7. The molecule has 4 N–H and O–H groups in total. The van der Waals surface area contributed by atoms with E-state index in [1.165, 1.54) is 6.07 Å². The highest BCUT2D eigenvalue weighted by molar-refractivity contribution is 7.19.